The number of nitrogens with one attached hydrogen (secondary N) is 1. The second-order valence-corrected chi connectivity index (χ2v) is 4.45. The number of nitrogens with zero attached hydrogens (tertiary/aromatic N) is 3. The molecule has 1 saturated heterocycles. The molecule has 0 spiro atoms. The van der Waals surface area contributed by atoms with Gasteiger partial charge in [-0.2, -0.15) is 5.10 Å². The third-order valence-electron chi connectivity index (χ3n) is 2.67. The largest absolute Gasteiger partial charge is 0.465 e. The molecule has 8 heteroatoms. The van der Waals surface area contributed by atoms with Crippen molar-refractivity contribution in [3.05, 3.63) is 21.0 Å². The number of anilines is 1. The van der Waals surface area contributed by atoms with Crippen molar-refractivity contribution < 1.29 is 9.90 Å². The van der Waals surface area contributed by atoms with Crippen LogP contribution in [0.25, 0.3) is 0 Å². The first-order valence-corrected chi connectivity index (χ1v) is 5.85. The minimum atomic E-state index is -0.909. The first-order valence-electron chi connectivity index (χ1n) is 5.05. The maximum absolute atomic E-state index is 11.4. The van der Waals surface area contributed by atoms with Crippen molar-refractivity contribution in [1.82, 2.24) is 15.1 Å². The number of aromatic nitrogens is 2. The summed E-state index contributed by atoms with van der Waals surface area (Å²) in [6, 6.07) is 0. The summed E-state index contributed by atoms with van der Waals surface area (Å²) >= 11 is 3.20. The van der Waals surface area contributed by atoms with E-state index in [2.05, 4.69) is 26.1 Å². The number of carboxylic acid groups (broad SMARTS) is 1. The summed E-state index contributed by atoms with van der Waals surface area (Å²) in [6.07, 6.45) is 0.648. The number of hydrogen-bond acceptors (Lipinski definition) is 4. The van der Waals surface area contributed by atoms with Crippen LogP contribution >= 0.6 is 15.9 Å². The molecule has 1 aliphatic heterocycles. The molecule has 2 N–H and O–H groups in total. The smallest absolute Gasteiger partial charge is 0.407 e. The van der Waals surface area contributed by atoms with Gasteiger partial charge in [0.15, 0.2) is 0 Å². The highest BCUT2D eigenvalue weighted by Gasteiger charge is 2.22. The van der Waals surface area contributed by atoms with Gasteiger partial charge in [0.25, 0.3) is 5.56 Å². The van der Waals surface area contributed by atoms with Crippen LogP contribution in [0.2, 0.25) is 0 Å². The van der Waals surface area contributed by atoms with Gasteiger partial charge in [0.2, 0.25) is 0 Å². The van der Waals surface area contributed by atoms with Crippen molar-refractivity contribution in [2.45, 2.75) is 0 Å². The number of carbonyl (C=O) groups is 1. The van der Waals surface area contributed by atoms with E-state index in [1.165, 1.54) is 4.90 Å². The van der Waals surface area contributed by atoms with Crippen LogP contribution in [0.5, 0.6) is 0 Å². The van der Waals surface area contributed by atoms with Gasteiger partial charge in [0, 0.05) is 26.2 Å². The van der Waals surface area contributed by atoms with Crippen LogP contribution in [0, 0.1) is 0 Å². The molecule has 1 aromatic rings. The van der Waals surface area contributed by atoms with E-state index >= 15 is 0 Å². The monoisotopic (exact) mass is 302 g/mol. The molecule has 2 rings (SSSR count). The van der Waals surface area contributed by atoms with Crippen molar-refractivity contribution in [1.29, 1.82) is 0 Å². The maximum Gasteiger partial charge on any atom is 0.407 e. The highest BCUT2D eigenvalue weighted by atomic mass is 79.9. The van der Waals surface area contributed by atoms with E-state index in [0.717, 1.165) is 0 Å². The minimum absolute atomic E-state index is 0.289. The maximum atomic E-state index is 11.4. The lowest BCUT2D eigenvalue weighted by Gasteiger charge is -2.34. The average molecular weight is 303 g/mol. The zero-order chi connectivity index (χ0) is 12.4. The zero-order valence-corrected chi connectivity index (χ0v) is 10.5. The van der Waals surface area contributed by atoms with Crippen molar-refractivity contribution >= 4 is 27.7 Å². The molecule has 0 aliphatic carbocycles. The van der Waals surface area contributed by atoms with Gasteiger partial charge in [-0.15, -0.1) is 0 Å². The Balaban J connectivity index is 2.13. The van der Waals surface area contributed by atoms with Crippen molar-refractivity contribution in [2.75, 3.05) is 31.1 Å². The van der Waals surface area contributed by atoms with E-state index in [1.807, 2.05) is 4.90 Å². The van der Waals surface area contributed by atoms with E-state index in [-0.39, 0.29) is 5.56 Å². The van der Waals surface area contributed by atoms with Gasteiger partial charge in [-0.3, -0.25) is 4.79 Å². The van der Waals surface area contributed by atoms with Crippen molar-refractivity contribution in [3.8, 4) is 0 Å². The molecule has 2 heterocycles. The lowest BCUT2D eigenvalue weighted by atomic mass is 10.3. The summed E-state index contributed by atoms with van der Waals surface area (Å²) in [4.78, 5) is 25.4. The van der Waals surface area contributed by atoms with Crippen molar-refractivity contribution in [3.63, 3.8) is 0 Å². The molecule has 0 aromatic carbocycles. The fraction of sp³-hybridized carbons (Fsp3) is 0.444. The van der Waals surface area contributed by atoms with Gasteiger partial charge in [-0.05, 0) is 15.9 Å². The first-order chi connectivity index (χ1) is 8.09. The van der Waals surface area contributed by atoms with Gasteiger partial charge in [0.1, 0.15) is 4.47 Å². The van der Waals surface area contributed by atoms with E-state index in [0.29, 0.717) is 36.3 Å². The zero-order valence-electron chi connectivity index (χ0n) is 8.89. The Kier molecular flexibility index (Phi) is 3.32. The summed E-state index contributed by atoms with van der Waals surface area (Å²) < 4.78 is 0.427. The fourth-order valence-electron chi connectivity index (χ4n) is 1.73. The number of amides is 1. The SMILES string of the molecule is O=C(O)N1CCN(c2cn[nH]c(=O)c2Br)CC1. The number of hydrogen-bond donors (Lipinski definition) is 2. The Hall–Kier alpha value is -1.57. The third kappa shape index (κ3) is 2.41. The van der Waals surface area contributed by atoms with Gasteiger partial charge < -0.3 is 14.9 Å². The second-order valence-electron chi connectivity index (χ2n) is 3.66. The number of aromatic amines is 1. The quantitative estimate of drug-likeness (QED) is 0.780. The molecule has 17 heavy (non-hydrogen) atoms. The normalized spacial score (nSPS) is 16.1. The summed E-state index contributed by atoms with van der Waals surface area (Å²) in [5.41, 5.74) is 0.405. The van der Waals surface area contributed by atoms with Crippen molar-refractivity contribution in [2.24, 2.45) is 0 Å². The molecule has 1 aliphatic rings. The molecule has 0 saturated carbocycles. The number of piperazine rings is 1. The Bertz CT molecular complexity index is 481. The molecule has 0 atom stereocenters. The molecular formula is C9H11BrN4O3. The standard InChI is InChI=1S/C9H11BrN4O3/c10-7-6(5-11-12-8(7)15)13-1-3-14(4-2-13)9(16)17/h5H,1-4H2,(H,12,15)(H,16,17). The summed E-state index contributed by atoms with van der Waals surface area (Å²) in [5.74, 6) is 0. The Labute approximate surface area is 105 Å². The highest BCUT2D eigenvalue weighted by molar-refractivity contribution is 9.10. The first kappa shape index (κ1) is 11.9. The van der Waals surface area contributed by atoms with Crippen LogP contribution in [-0.2, 0) is 0 Å². The summed E-state index contributed by atoms with van der Waals surface area (Å²) in [5, 5.41) is 14.9. The van der Waals surface area contributed by atoms with Gasteiger partial charge >= 0.3 is 6.09 Å². The molecule has 1 amide bonds. The van der Waals surface area contributed by atoms with Gasteiger partial charge in [0.05, 0.1) is 11.9 Å². The molecule has 0 bridgehead atoms. The third-order valence-corrected chi connectivity index (χ3v) is 3.43. The molecule has 7 nitrogen and oxygen atoms in total. The Morgan fingerprint density at radius 3 is 2.65 bits per heavy atom. The predicted molar refractivity (Wildman–Crippen MR) is 64.4 cm³/mol. The molecule has 1 fully saturated rings. The van der Waals surface area contributed by atoms with Gasteiger partial charge in [-0.25, -0.2) is 9.89 Å². The Morgan fingerprint density at radius 1 is 1.41 bits per heavy atom. The lowest BCUT2D eigenvalue weighted by molar-refractivity contribution is 0.142. The highest BCUT2D eigenvalue weighted by Crippen LogP contribution is 2.22. The molecular weight excluding hydrogens is 292 g/mol. The van der Waals surface area contributed by atoms with Gasteiger partial charge in [-0.1, -0.05) is 0 Å². The van der Waals surface area contributed by atoms with E-state index in [9.17, 15) is 9.59 Å². The van der Waals surface area contributed by atoms with E-state index in [1.54, 1.807) is 6.20 Å². The number of rotatable bonds is 1. The topological polar surface area (TPSA) is 89.5 Å². The molecule has 92 valence electrons. The van der Waals surface area contributed by atoms with E-state index < -0.39 is 6.09 Å². The van der Waals surface area contributed by atoms with Crippen LogP contribution in [0.1, 0.15) is 0 Å². The fourth-order valence-corrected chi connectivity index (χ4v) is 2.18. The van der Waals surface area contributed by atoms with Crippen LogP contribution < -0.4 is 10.5 Å². The molecule has 1 aromatic heterocycles. The number of H-pyrrole nitrogens is 1. The Morgan fingerprint density at radius 2 is 2.06 bits per heavy atom. The second kappa shape index (κ2) is 4.74. The van der Waals surface area contributed by atoms with Crippen LogP contribution in [0.3, 0.4) is 0 Å². The average Bonchev–Trinajstić information content (AvgIpc) is 2.33. The van der Waals surface area contributed by atoms with Crippen LogP contribution in [-0.4, -0.2) is 52.5 Å². The summed E-state index contributed by atoms with van der Waals surface area (Å²) in [6.45, 7) is 1.95. The number of halogens is 1. The minimum Gasteiger partial charge on any atom is -0.465 e. The lowest BCUT2D eigenvalue weighted by Crippen LogP contribution is -2.48. The molecule has 0 unspecified atom stereocenters. The summed E-state index contributed by atoms with van der Waals surface area (Å²) in [7, 11) is 0. The van der Waals surface area contributed by atoms with Crippen LogP contribution in [0.15, 0.2) is 15.5 Å². The predicted octanol–water partition coefficient (Wildman–Crippen LogP) is 0.332. The molecule has 0 radical (unpaired) electrons. The van der Waals surface area contributed by atoms with E-state index in [4.69, 9.17) is 5.11 Å². The van der Waals surface area contributed by atoms with Crippen LogP contribution in [0.4, 0.5) is 10.5 Å².